The standard InChI is InChI=1S/C13H17N3S/c1-10(13-14-8-9-17-13)15-11-4-6-12(7-5-11)16(2)3/h4-10,15H,1-3H3. The summed E-state index contributed by atoms with van der Waals surface area (Å²) >= 11 is 1.68. The second-order valence-electron chi connectivity index (χ2n) is 4.18. The number of aromatic nitrogens is 1. The first kappa shape index (κ1) is 11.9. The fourth-order valence-corrected chi connectivity index (χ4v) is 2.26. The van der Waals surface area contributed by atoms with E-state index in [9.17, 15) is 0 Å². The smallest absolute Gasteiger partial charge is 0.115 e. The second-order valence-corrected chi connectivity index (χ2v) is 5.10. The van der Waals surface area contributed by atoms with Crippen LogP contribution in [0.4, 0.5) is 11.4 Å². The molecule has 0 aliphatic rings. The van der Waals surface area contributed by atoms with Crippen LogP contribution in [0.15, 0.2) is 35.8 Å². The average Bonchev–Trinajstić information content (AvgIpc) is 2.83. The van der Waals surface area contributed by atoms with Crippen molar-refractivity contribution >= 4 is 22.7 Å². The molecule has 0 amide bonds. The Bertz CT molecular complexity index is 448. The molecule has 2 rings (SSSR count). The van der Waals surface area contributed by atoms with Crippen LogP contribution in [0, 0.1) is 0 Å². The molecule has 0 saturated carbocycles. The van der Waals surface area contributed by atoms with Gasteiger partial charge in [0, 0.05) is 37.0 Å². The van der Waals surface area contributed by atoms with E-state index >= 15 is 0 Å². The van der Waals surface area contributed by atoms with Gasteiger partial charge in [0.15, 0.2) is 0 Å². The predicted molar refractivity (Wildman–Crippen MR) is 74.9 cm³/mol. The van der Waals surface area contributed by atoms with E-state index in [1.807, 2.05) is 25.7 Å². The molecule has 1 unspecified atom stereocenters. The molecule has 1 atom stereocenters. The van der Waals surface area contributed by atoms with Gasteiger partial charge in [-0.3, -0.25) is 0 Å². The van der Waals surface area contributed by atoms with Crippen LogP contribution < -0.4 is 10.2 Å². The fraction of sp³-hybridized carbons (Fsp3) is 0.308. The molecule has 17 heavy (non-hydrogen) atoms. The van der Waals surface area contributed by atoms with Crippen molar-refractivity contribution in [2.45, 2.75) is 13.0 Å². The van der Waals surface area contributed by atoms with E-state index in [0.29, 0.717) is 0 Å². The van der Waals surface area contributed by atoms with Crippen LogP contribution in [0.5, 0.6) is 0 Å². The van der Waals surface area contributed by atoms with Crippen LogP contribution in [0.1, 0.15) is 18.0 Å². The lowest BCUT2D eigenvalue weighted by Crippen LogP contribution is -2.09. The van der Waals surface area contributed by atoms with Crippen molar-refractivity contribution in [3.05, 3.63) is 40.8 Å². The quantitative estimate of drug-likeness (QED) is 0.897. The molecule has 90 valence electrons. The molecule has 0 fully saturated rings. The lowest BCUT2D eigenvalue weighted by Gasteiger charge is -2.15. The zero-order chi connectivity index (χ0) is 12.3. The molecule has 1 aromatic heterocycles. The number of benzene rings is 1. The summed E-state index contributed by atoms with van der Waals surface area (Å²) in [5.74, 6) is 0. The van der Waals surface area contributed by atoms with Crippen molar-refractivity contribution < 1.29 is 0 Å². The molecule has 3 nitrogen and oxygen atoms in total. The van der Waals surface area contributed by atoms with E-state index in [-0.39, 0.29) is 6.04 Å². The number of hydrogen-bond acceptors (Lipinski definition) is 4. The highest BCUT2D eigenvalue weighted by molar-refractivity contribution is 7.09. The molecule has 0 aliphatic heterocycles. The van der Waals surface area contributed by atoms with Crippen LogP contribution in [0.2, 0.25) is 0 Å². The summed E-state index contributed by atoms with van der Waals surface area (Å²) in [5.41, 5.74) is 2.33. The SMILES string of the molecule is CC(Nc1ccc(N(C)C)cc1)c1nccs1. The number of rotatable bonds is 4. The molecule has 0 aliphatic carbocycles. The maximum Gasteiger partial charge on any atom is 0.115 e. The normalized spacial score (nSPS) is 12.2. The Morgan fingerprint density at radius 1 is 1.24 bits per heavy atom. The number of nitrogens with one attached hydrogen (secondary N) is 1. The summed E-state index contributed by atoms with van der Waals surface area (Å²) in [5, 5.41) is 6.56. The molecule has 0 spiro atoms. The molecule has 1 heterocycles. The number of thiazole rings is 1. The van der Waals surface area contributed by atoms with Crippen molar-refractivity contribution in [3.8, 4) is 0 Å². The summed E-state index contributed by atoms with van der Waals surface area (Å²) < 4.78 is 0. The Balaban J connectivity index is 2.04. The Morgan fingerprint density at radius 2 is 1.94 bits per heavy atom. The van der Waals surface area contributed by atoms with Gasteiger partial charge in [-0.25, -0.2) is 4.98 Å². The van der Waals surface area contributed by atoms with Gasteiger partial charge in [0.1, 0.15) is 5.01 Å². The minimum Gasteiger partial charge on any atom is -0.378 e. The van der Waals surface area contributed by atoms with Crippen molar-refractivity contribution in [1.29, 1.82) is 0 Å². The van der Waals surface area contributed by atoms with Gasteiger partial charge in [-0.05, 0) is 31.2 Å². The lowest BCUT2D eigenvalue weighted by atomic mass is 10.2. The summed E-state index contributed by atoms with van der Waals surface area (Å²) in [6.07, 6.45) is 1.84. The van der Waals surface area contributed by atoms with E-state index in [1.165, 1.54) is 5.69 Å². The highest BCUT2D eigenvalue weighted by atomic mass is 32.1. The largest absolute Gasteiger partial charge is 0.378 e. The molecular formula is C13H17N3S. The minimum absolute atomic E-state index is 0.250. The topological polar surface area (TPSA) is 28.2 Å². The second kappa shape index (κ2) is 5.19. The van der Waals surface area contributed by atoms with Gasteiger partial charge < -0.3 is 10.2 Å². The summed E-state index contributed by atoms with van der Waals surface area (Å²) in [7, 11) is 4.08. The van der Waals surface area contributed by atoms with Gasteiger partial charge >= 0.3 is 0 Å². The van der Waals surface area contributed by atoms with Gasteiger partial charge in [0.2, 0.25) is 0 Å². The third kappa shape index (κ3) is 2.97. The monoisotopic (exact) mass is 247 g/mol. The van der Waals surface area contributed by atoms with Crippen molar-refractivity contribution in [1.82, 2.24) is 4.98 Å². The molecule has 1 N–H and O–H groups in total. The van der Waals surface area contributed by atoms with Crippen LogP contribution >= 0.6 is 11.3 Å². The molecule has 1 aromatic carbocycles. The van der Waals surface area contributed by atoms with Crippen molar-refractivity contribution in [2.24, 2.45) is 0 Å². The van der Waals surface area contributed by atoms with E-state index in [2.05, 4.69) is 46.4 Å². The molecule has 2 aromatic rings. The maximum atomic E-state index is 4.31. The molecular weight excluding hydrogens is 230 g/mol. The van der Waals surface area contributed by atoms with Crippen molar-refractivity contribution in [2.75, 3.05) is 24.3 Å². The number of anilines is 2. The van der Waals surface area contributed by atoms with Crippen LogP contribution in [-0.2, 0) is 0 Å². The Morgan fingerprint density at radius 3 is 2.47 bits per heavy atom. The van der Waals surface area contributed by atoms with E-state index in [0.717, 1.165) is 10.7 Å². The van der Waals surface area contributed by atoms with Crippen LogP contribution in [0.3, 0.4) is 0 Å². The van der Waals surface area contributed by atoms with Gasteiger partial charge in [-0.1, -0.05) is 0 Å². The summed E-state index contributed by atoms with van der Waals surface area (Å²) in [6, 6.07) is 8.66. The summed E-state index contributed by atoms with van der Waals surface area (Å²) in [6.45, 7) is 2.12. The number of nitrogens with zero attached hydrogens (tertiary/aromatic N) is 2. The van der Waals surface area contributed by atoms with Crippen LogP contribution in [0.25, 0.3) is 0 Å². The zero-order valence-corrected chi connectivity index (χ0v) is 11.2. The summed E-state index contributed by atoms with van der Waals surface area (Å²) in [4.78, 5) is 6.40. The van der Waals surface area contributed by atoms with E-state index in [4.69, 9.17) is 0 Å². The molecule has 0 radical (unpaired) electrons. The highest BCUT2D eigenvalue weighted by Gasteiger charge is 2.07. The van der Waals surface area contributed by atoms with Gasteiger partial charge in [0.05, 0.1) is 6.04 Å². The average molecular weight is 247 g/mol. The molecule has 4 heteroatoms. The zero-order valence-electron chi connectivity index (χ0n) is 10.3. The highest BCUT2D eigenvalue weighted by Crippen LogP contribution is 2.22. The van der Waals surface area contributed by atoms with Crippen LogP contribution in [-0.4, -0.2) is 19.1 Å². The molecule has 0 bridgehead atoms. The Labute approximate surface area is 106 Å². The lowest BCUT2D eigenvalue weighted by molar-refractivity contribution is 0.870. The minimum atomic E-state index is 0.250. The predicted octanol–water partition coefficient (Wildman–Crippen LogP) is 3.38. The van der Waals surface area contributed by atoms with E-state index in [1.54, 1.807) is 11.3 Å². The third-order valence-corrected chi connectivity index (χ3v) is 3.55. The molecule has 0 saturated heterocycles. The van der Waals surface area contributed by atoms with E-state index < -0.39 is 0 Å². The van der Waals surface area contributed by atoms with Crippen molar-refractivity contribution in [3.63, 3.8) is 0 Å². The Hall–Kier alpha value is -1.55. The number of hydrogen-bond donors (Lipinski definition) is 1. The van der Waals surface area contributed by atoms with Gasteiger partial charge in [-0.2, -0.15) is 0 Å². The van der Waals surface area contributed by atoms with Gasteiger partial charge in [0.25, 0.3) is 0 Å². The first-order valence-corrected chi connectivity index (χ1v) is 6.48. The maximum absolute atomic E-state index is 4.31. The fourth-order valence-electron chi connectivity index (χ4n) is 1.62. The third-order valence-electron chi connectivity index (χ3n) is 2.59. The Kier molecular flexibility index (Phi) is 3.64. The first-order valence-electron chi connectivity index (χ1n) is 5.60. The van der Waals surface area contributed by atoms with Gasteiger partial charge in [-0.15, -0.1) is 11.3 Å². The first-order chi connectivity index (χ1) is 8.16.